The van der Waals surface area contributed by atoms with Gasteiger partial charge in [0.1, 0.15) is 13.2 Å². The molecule has 112 valence electrons. The van der Waals surface area contributed by atoms with Crippen LogP contribution in [0.25, 0.3) is 0 Å². The van der Waals surface area contributed by atoms with Crippen molar-refractivity contribution in [2.75, 3.05) is 19.7 Å². The summed E-state index contributed by atoms with van der Waals surface area (Å²) in [5, 5.41) is 3.74. The Balaban J connectivity index is 1.77. The zero-order valence-corrected chi connectivity index (χ0v) is 12.2. The lowest BCUT2D eigenvalue weighted by Gasteiger charge is -2.26. The molecule has 0 saturated carbocycles. The van der Waals surface area contributed by atoms with Gasteiger partial charge in [0.05, 0.1) is 0 Å². The topological polar surface area (TPSA) is 51.1 Å². The molecule has 0 aliphatic carbocycles. The lowest BCUT2D eigenvalue weighted by molar-refractivity contribution is 0.0936. The molecule has 1 saturated heterocycles. The molecule has 5 nitrogen and oxygen atoms in total. The van der Waals surface area contributed by atoms with Crippen LogP contribution in [0.4, 0.5) is 4.79 Å². The van der Waals surface area contributed by atoms with Gasteiger partial charge in [0, 0.05) is 19.0 Å². The predicted molar refractivity (Wildman–Crippen MR) is 80.0 cm³/mol. The predicted octanol–water partition coefficient (Wildman–Crippen LogP) is 2.97. The van der Waals surface area contributed by atoms with Crippen LogP contribution in [0.1, 0.15) is 25.3 Å². The summed E-state index contributed by atoms with van der Waals surface area (Å²) < 4.78 is 5.31. The zero-order valence-electron chi connectivity index (χ0n) is 12.2. The molecule has 1 aliphatic heterocycles. The average molecular weight is 288 g/mol. The van der Waals surface area contributed by atoms with E-state index in [9.17, 15) is 4.79 Å². The molecule has 0 spiro atoms. The summed E-state index contributed by atoms with van der Waals surface area (Å²) in [6.45, 7) is 4.00. The van der Waals surface area contributed by atoms with E-state index >= 15 is 0 Å². The van der Waals surface area contributed by atoms with E-state index in [4.69, 9.17) is 9.57 Å². The lowest BCUT2D eigenvalue weighted by atomic mass is 10.1. The van der Waals surface area contributed by atoms with Gasteiger partial charge < -0.3 is 14.5 Å². The van der Waals surface area contributed by atoms with Gasteiger partial charge in [-0.25, -0.2) is 4.79 Å². The molecule has 1 fully saturated rings. The van der Waals surface area contributed by atoms with Crippen LogP contribution in [0, 0.1) is 0 Å². The standard InChI is InChI=1S/C16H20N2O3/c1-2-21-17-12-14-8-10-18(11-9-14)16(19)20-13-15-6-4-3-5-7-15/h3-7H,2,8-11,13H2,1H3. The maximum atomic E-state index is 12.0. The van der Waals surface area contributed by atoms with Crippen molar-refractivity contribution in [2.24, 2.45) is 5.16 Å². The molecular formula is C16H20N2O3. The molecule has 1 aliphatic rings. The summed E-state index contributed by atoms with van der Waals surface area (Å²) in [6, 6.07) is 9.67. The molecule has 1 amide bonds. The van der Waals surface area contributed by atoms with Crippen LogP contribution in [0.5, 0.6) is 0 Å². The van der Waals surface area contributed by atoms with Gasteiger partial charge in [0.15, 0.2) is 0 Å². The number of ether oxygens (including phenoxy) is 1. The largest absolute Gasteiger partial charge is 0.445 e. The minimum atomic E-state index is -0.264. The summed E-state index contributed by atoms with van der Waals surface area (Å²) in [6.07, 6.45) is 1.26. The fourth-order valence-electron chi connectivity index (χ4n) is 2.04. The van der Waals surface area contributed by atoms with Crippen molar-refractivity contribution in [1.82, 2.24) is 4.90 Å². The van der Waals surface area contributed by atoms with E-state index in [0.29, 0.717) is 26.3 Å². The smallest absolute Gasteiger partial charge is 0.410 e. The van der Waals surface area contributed by atoms with Crippen LogP contribution >= 0.6 is 0 Å². The molecule has 1 heterocycles. The van der Waals surface area contributed by atoms with E-state index in [0.717, 1.165) is 24.0 Å². The van der Waals surface area contributed by atoms with Gasteiger partial charge in [-0.2, -0.15) is 0 Å². The molecule has 5 heteroatoms. The lowest BCUT2D eigenvalue weighted by Crippen LogP contribution is -2.36. The van der Waals surface area contributed by atoms with Crippen LogP contribution < -0.4 is 0 Å². The quantitative estimate of drug-likeness (QED) is 0.632. The number of likely N-dealkylation sites (tertiary alicyclic amines) is 1. The Morgan fingerprint density at radius 1 is 1.29 bits per heavy atom. The SMILES string of the molecule is CCON=C=C1CCN(C(=O)OCc2ccccc2)CC1. The number of rotatable bonds is 4. The van der Waals surface area contributed by atoms with Gasteiger partial charge in [-0.3, -0.25) is 0 Å². The van der Waals surface area contributed by atoms with Crippen molar-refractivity contribution in [3.8, 4) is 0 Å². The van der Waals surface area contributed by atoms with Crippen LogP contribution in [0.2, 0.25) is 0 Å². The van der Waals surface area contributed by atoms with Gasteiger partial charge in [0.25, 0.3) is 0 Å². The van der Waals surface area contributed by atoms with Crippen molar-refractivity contribution < 1.29 is 14.4 Å². The van der Waals surface area contributed by atoms with Crippen molar-refractivity contribution in [1.29, 1.82) is 0 Å². The molecule has 21 heavy (non-hydrogen) atoms. The monoisotopic (exact) mass is 288 g/mol. The van der Waals surface area contributed by atoms with Crippen molar-refractivity contribution >= 4 is 12.0 Å². The number of carbonyl (C=O) groups is 1. The van der Waals surface area contributed by atoms with Crippen LogP contribution in [0.15, 0.2) is 41.1 Å². The summed E-state index contributed by atoms with van der Waals surface area (Å²) in [5.41, 5.74) is 2.07. The molecule has 0 unspecified atom stereocenters. The number of carbonyl (C=O) groups excluding carboxylic acids is 1. The summed E-state index contributed by atoms with van der Waals surface area (Å²) >= 11 is 0. The van der Waals surface area contributed by atoms with Gasteiger partial charge >= 0.3 is 6.09 Å². The van der Waals surface area contributed by atoms with Gasteiger partial charge in [0.2, 0.25) is 0 Å². The third-order valence-electron chi connectivity index (χ3n) is 3.23. The van der Waals surface area contributed by atoms with Crippen molar-refractivity contribution in [2.45, 2.75) is 26.4 Å². The zero-order chi connectivity index (χ0) is 14.9. The van der Waals surface area contributed by atoms with E-state index in [2.05, 4.69) is 11.0 Å². The first-order valence-corrected chi connectivity index (χ1v) is 7.18. The summed E-state index contributed by atoms with van der Waals surface area (Å²) in [7, 11) is 0. The summed E-state index contributed by atoms with van der Waals surface area (Å²) in [5.74, 6) is 2.88. The molecule has 0 aromatic heterocycles. The fourth-order valence-corrected chi connectivity index (χ4v) is 2.04. The highest BCUT2D eigenvalue weighted by Crippen LogP contribution is 2.15. The molecule has 0 atom stereocenters. The third-order valence-corrected chi connectivity index (χ3v) is 3.23. The first kappa shape index (κ1) is 15.1. The Bertz CT molecular complexity index is 512. The second kappa shape index (κ2) is 8.12. The van der Waals surface area contributed by atoms with E-state index in [-0.39, 0.29) is 6.09 Å². The fraction of sp³-hybridized carbons (Fsp3) is 0.438. The molecule has 0 bridgehead atoms. The Labute approximate surface area is 124 Å². The van der Waals surface area contributed by atoms with E-state index < -0.39 is 0 Å². The number of hydrogen-bond donors (Lipinski definition) is 0. The maximum Gasteiger partial charge on any atom is 0.410 e. The number of hydrogen-bond acceptors (Lipinski definition) is 4. The van der Waals surface area contributed by atoms with Crippen molar-refractivity contribution in [3.63, 3.8) is 0 Å². The highest BCUT2D eigenvalue weighted by atomic mass is 16.6. The number of amides is 1. The van der Waals surface area contributed by atoms with E-state index in [1.54, 1.807) is 4.90 Å². The van der Waals surface area contributed by atoms with Crippen LogP contribution in [-0.2, 0) is 16.2 Å². The molecule has 0 radical (unpaired) electrons. The maximum absolute atomic E-state index is 12.0. The van der Waals surface area contributed by atoms with Crippen molar-refractivity contribution in [3.05, 3.63) is 41.5 Å². The van der Waals surface area contributed by atoms with Crippen LogP contribution in [0.3, 0.4) is 0 Å². The number of nitrogens with zero attached hydrogens (tertiary/aromatic N) is 2. The Morgan fingerprint density at radius 3 is 2.67 bits per heavy atom. The highest BCUT2D eigenvalue weighted by Gasteiger charge is 2.20. The Hall–Kier alpha value is -2.26. The van der Waals surface area contributed by atoms with Gasteiger partial charge in [-0.1, -0.05) is 30.3 Å². The third kappa shape index (κ3) is 4.97. The first-order chi connectivity index (χ1) is 10.3. The Morgan fingerprint density at radius 2 is 2.00 bits per heavy atom. The first-order valence-electron chi connectivity index (χ1n) is 7.18. The second-order valence-corrected chi connectivity index (χ2v) is 4.75. The van der Waals surface area contributed by atoms with Crippen LogP contribution in [-0.4, -0.2) is 36.6 Å². The highest BCUT2D eigenvalue weighted by molar-refractivity contribution is 5.68. The minimum absolute atomic E-state index is 0.264. The van der Waals surface area contributed by atoms with Gasteiger partial charge in [-0.15, -0.1) is 0 Å². The molecular weight excluding hydrogens is 268 g/mol. The van der Waals surface area contributed by atoms with E-state index in [1.807, 2.05) is 37.3 Å². The molecule has 2 rings (SSSR count). The number of piperidine rings is 1. The molecule has 0 N–H and O–H groups in total. The molecule has 1 aromatic carbocycles. The van der Waals surface area contributed by atoms with Gasteiger partial charge in [-0.05, 0) is 36.1 Å². The minimum Gasteiger partial charge on any atom is -0.445 e. The normalized spacial score (nSPS) is 14.3. The average Bonchev–Trinajstić information content (AvgIpc) is 2.54. The summed E-state index contributed by atoms with van der Waals surface area (Å²) in [4.78, 5) is 18.6. The number of benzene rings is 1. The Kier molecular flexibility index (Phi) is 5.85. The van der Waals surface area contributed by atoms with E-state index in [1.165, 1.54) is 0 Å². The second-order valence-electron chi connectivity index (χ2n) is 4.75. The molecule has 1 aromatic rings.